The molecule has 0 saturated heterocycles. The van der Waals surface area contributed by atoms with Crippen molar-refractivity contribution in [2.24, 2.45) is 0 Å². The molecule has 0 amide bonds. The van der Waals surface area contributed by atoms with Gasteiger partial charge in [-0.15, -0.1) is 0 Å². The van der Waals surface area contributed by atoms with E-state index in [-0.39, 0.29) is 23.2 Å². The second-order valence-corrected chi connectivity index (χ2v) is 5.09. The van der Waals surface area contributed by atoms with Gasteiger partial charge in [-0.3, -0.25) is 0 Å². The number of carbonyl (C=O) groups is 1. The normalized spacial score (nSPS) is 10.7. The molecular formula is C16H11ClN2O4. The molecule has 1 heterocycles. The predicted molar refractivity (Wildman–Crippen MR) is 83.9 cm³/mol. The van der Waals surface area contributed by atoms with Gasteiger partial charge in [0.05, 0.1) is 23.2 Å². The smallest absolute Gasteiger partial charge is 0.335 e. The highest BCUT2D eigenvalue weighted by atomic mass is 35.5. The zero-order valence-corrected chi connectivity index (χ0v) is 12.5. The van der Waals surface area contributed by atoms with Crippen LogP contribution in [0.1, 0.15) is 15.9 Å². The number of rotatable bonds is 4. The molecule has 116 valence electrons. The number of hydrogen-bond acceptors (Lipinski definition) is 5. The minimum absolute atomic E-state index is 0.0336. The van der Waals surface area contributed by atoms with E-state index in [0.29, 0.717) is 16.8 Å². The third kappa shape index (κ3) is 3.23. The lowest BCUT2D eigenvalue weighted by Crippen LogP contribution is -1.98. The SMILES string of the molecule is O=C(O)c1ccc2nc(Oc3ccc(CO)cc3)c(Cl)nc2c1. The summed E-state index contributed by atoms with van der Waals surface area (Å²) in [7, 11) is 0. The molecule has 0 fully saturated rings. The van der Waals surface area contributed by atoms with Crippen molar-refractivity contribution in [3.8, 4) is 11.6 Å². The number of aliphatic hydroxyl groups excluding tert-OH is 1. The van der Waals surface area contributed by atoms with Crippen LogP contribution in [0.4, 0.5) is 0 Å². The van der Waals surface area contributed by atoms with Gasteiger partial charge < -0.3 is 14.9 Å². The largest absolute Gasteiger partial charge is 0.478 e. The number of ether oxygens (including phenoxy) is 1. The predicted octanol–water partition coefficient (Wildman–Crippen LogP) is 3.27. The van der Waals surface area contributed by atoms with Crippen molar-refractivity contribution in [2.75, 3.05) is 0 Å². The lowest BCUT2D eigenvalue weighted by Gasteiger charge is -2.08. The average molecular weight is 331 g/mol. The van der Waals surface area contributed by atoms with Crippen molar-refractivity contribution in [2.45, 2.75) is 6.61 Å². The third-order valence-corrected chi connectivity index (χ3v) is 3.41. The summed E-state index contributed by atoms with van der Waals surface area (Å²) in [6.07, 6.45) is 0. The zero-order valence-electron chi connectivity index (χ0n) is 11.7. The Labute approximate surface area is 136 Å². The number of aromatic nitrogens is 2. The van der Waals surface area contributed by atoms with Crippen LogP contribution in [0.5, 0.6) is 11.6 Å². The summed E-state index contributed by atoms with van der Waals surface area (Å²) in [5.74, 6) is -0.423. The molecule has 1 aromatic heterocycles. The number of fused-ring (bicyclic) bond motifs is 1. The Morgan fingerprint density at radius 2 is 1.83 bits per heavy atom. The number of carboxylic acids is 1. The van der Waals surface area contributed by atoms with Gasteiger partial charge in [-0.25, -0.2) is 14.8 Å². The van der Waals surface area contributed by atoms with E-state index in [2.05, 4.69) is 9.97 Å². The quantitative estimate of drug-likeness (QED) is 0.762. The lowest BCUT2D eigenvalue weighted by molar-refractivity contribution is 0.0697. The molecule has 0 aliphatic heterocycles. The van der Waals surface area contributed by atoms with Crippen LogP contribution in [0, 0.1) is 0 Å². The Kier molecular flexibility index (Phi) is 4.10. The Balaban J connectivity index is 1.95. The van der Waals surface area contributed by atoms with E-state index in [1.165, 1.54) is 12.1 Å². The van der Waals surface area contributed by atoms with Crippen LogP contribution in [-0.2, 0) is 6.61 Å². The fraction of sp³-hybridized carbons (Fsp3) is 0.0625. The number of carboxylic acid groups (broad SMARTS) is 1. The van der Waals surface area contributed by atoms with Gasteiger partial charge in [0, 0.05) is 0 Å². The lowest BCUT2D eigenvalue weighted by atomic mass is 10.2. The standard InChI is InChI=1S/C16H11ClN2O4/c17-14-15(23-11-4-1-9(8-20)2-5-11)19-12-6-3-10(16(21)22)7-13(12)18-14/h1-7,20H,8H2,(H,21,22). The van der Waals surface area contributed by atoms with Crippen molar-refractivity contribution in [1.82, 2.24) is 9.97 Å². The third-order valence-electron chi connectivity index (χ3n) is 3.16. The first-order valence-electron chi connectivity index (χ1n) is 6.65. The van der Waals surface area contributed by atoms with Crippen LogP contribution >= 0.6 is 11.6 Å². The Hall–Kier alpha value is -2.70. The van der Waals surface area contributed by atoms with Crippen molar-refractivity contribution >= 4 is 28.6 Å². The number of nitrogens with zero attached hydrogens (tertiary/aromatic N) is 2. The zero-order chi connectivity index (χ0) is 16.4. The van der Waals surface area contributed by atoms with Crippen molar-refractivity contribution in [3.05, 3.63) is 58.7 Å². The van der Waals surface area contributed by atoms with E-state index >= 15 is 0 Å². The molecule has 0 aliphatic carbocycles. The van der Waals surface area contributed by atoms with Gasteiger partial charge in [-0.2, -0.15) is 0 Å². The minimum atomic E-state index is -1.05. The highest BCUT2D eigenvalue weighted by Gasteiger charge is 2.11. The Bertz CT molecular complexity index is 881. The van der Waals surface area contributed by atoms with Crippen molar-refractivity contribution in [1.29, 1.82) is 0 Å². The number of aliphatic hydroxyl groups is 1. The Morgan fingerprint density at radius 3 is 2.48 bits per heavy atom. The molecule has 0 unspecified atom stereocenters. The van der Waals surface area contributed by atoms with E-state index in [0.717, 1.165) is 5.56 Å². The Morgan fingerprint density at radius 1 is 1.09 bits per heavy atom. The van der Waals surface area contributed by atoms with E-state index < -0.39 is 5.97 Å². The van der Waals surface area contributed by atoms with E-state index in [4.69, 9.17) is 26.6 Å². The number of halogens is 1. The molecule has 0 aliphatic rings. The first kappa shape index (κ1) is 15.2. The summed E-state index contributed by atoms with van der Waals surface area (Å²) in [6, 6.07) is 11.2. The monoisotopic (exact) mass is 330 g/mol. The van der Waals surface area contributed by atoms with Crippen LogP contribution in [0.3, 0.4) is 0 Å². The number of aromatic carboxylic acids is 1. The second-order valence-electron chi connectivity index (χ2n) is 4.73. The molecular weight excluding hydrogens is 320 g/mol. The second kappa shape index (κ2) is 6.20. The molecule has 23 heavy (non-hydrogen) atoms. The number of benzene rings is 2. The molecule has 2 N–H and O–H groups in total. The summed E-state index contributed by atoms with van der Waals surface area (Å²) in [4.78, 5) is 19.3. The summed E-state index contributed by atoms with van der Waals surface area (Å²) >= 11 is 6.06. The molecule has 0 bridgehead atoms. The molecule has 3 aromatic rings. The van der Waals surface area contributed by atoms with Gasteiger partial charge in [-0.05, 0) is 35.9 Å². The first-order valence-corrected chi connectivity index (χ1v) is 7.03. The van der Waals surface area contributed by atoms with Gasteiger partial charge in [0.2, 0.25) is 0 Å². The van der Waals surface area contributed by atoms with Gasteiger partial charge in [0.1, 0.15) is 5.75 Å². The fourth-order valence-corrected chi connectivity index (χ4v) is 2.16. The molecule has 0 atom stereocenters. The van der Waals surface area contributed by atoms with Gasteiger partial charge in [-0.1, -0.05) is 23.7 Å². The van der Waals surface area contributed by atoms with Crippen molar-refractivity contribution in [3.63, 3.8) is 0 Å². The molecule has 0 saturated carbocycles. The molecule has 6 nitrogen and oxygen atoms in total. The fourth-order valence-electron chi connectivity index (χ4n) is 1.99. The maximum Gasteiger partial charge on any atom is 0.335 e. The van der Waals surface area contributed by atoms with E-state index in [9.17, 15) is 4.79 Å². The van der Waals surface area contributed by atoms with Crippen LogP contribution in [0.2, 0.25) is 5.15 Å². The molecule has 2 aromatic carbocycles. The van der Waals surface area contributed by atoms with Crippen LogP contribution < -0.4 is 4.74 Å². The van der Waals surface area contributed by atoms with Crippen molar-refractivity contribution < 1.29 is 19.7 Å². The van der Waals surface area contributed by atoms with E-state index in [1.807, 2.05) is 0 Å². The summed E-state index contributed by atoms with van der Waals surface area (Å²) in [5, 5.41) is 18.0. The highest BCUT2D eigenvalue weighted by Crippen LogP contribution is 2.28. The van der Waals surface area contributed by atoms with E-state index in [1.54, 1.807) is 30.3 Å². The molecule has 0 radical (unpaired) electrons. The summed E-state index contributed by atoms with van der Waals surface area (Å²) < 4.78 is 5.59. The maximum atomic E-state index is 11.0. The highest BCUT2D eigenvalue weighted by molar-refractivity contribution is 6.31. The molecule has 3 rings (SSSR count). The molecule has 0 spiro atoms. The van der Waals surface area contributed by atoms with Crippen LogP contribution in [0.25, 0.3) is 11.0 Å². The van der Waals surface area contributed by atoms with Crippen LogP contribution in [0.15, 0.2) is 42.5 Å². The summed E-state index contributed by atoms with van der Waals surface area (Å²) in [6.45, 7) is -0.0529. The van der Waals surface area contributed by atoms with Gasteiger partial charge >= 0.3 is 5.97 Å². The van der Waals surface area contributed by atoms with Crippen LogP contribution in [-0.4, -0.2) is 26.2 Å². The first-order chi connectivity index (χ1) is 11.1. The van der Waals surface area contributed by atoms with Gasteiger partial charge in [0.15, 0.2) is 5.15 Å². The maximum absolute atomic E-state index is 11.0. The topological polar surface area (TPSA) is 92.5 Å². The summed E-state index contributed by atoms with van der Waals surface area (Å²) in [5.41, 5.74) is 1.71. The number of hydrogen-bond donors (Lipinski definition) is 2. The molecule has 7 heteroatoms. The average Bonchev–Trinajstić information content (AvgIpc) is 2.55. The minimum Gasteiger partial charge on any atom is -0.478 e. The van der Waals surface area contributed by atoms with Gasteiger partial charge in [0.25, 0.3) is 5.88 Å².